The summed E-state index contributed by atoms with van der Waals surface area (Å²) < 4.78 is 1.13. The first-order chi connectivity index (χ1) is 9.13. The van der Waals surface area contributed by atoms with Crippen LogP contribution in [0.4, 0.5) is 0 Å². The number of rotatable bonds is 5. The van der Waals surface area contributed by atoms with Gasteiger partial charge in [-0.05, 0) is 44.0 Å². The molecule has 0 aliphatic heterocycles. The van der Waals surface area contributed by atoms with Gasteiger partial charge in [-0.25, -0.2) is 0 Å². The van der Waals surface area contributed by atoms with Gasteiger partial charge in [0, 0.05) is 22.6 Å². The molecule has 0 heterocycles. The molecule has 3 heteroatoms. The van der Waals surface area contributed by atoms with Gasteiger partial charge in [0.2, 0.25) is 0 Å². The van der Waals surface area contributed by atoms with E-state index in [2.05, 4.69) is 59.1 Å². The molecule has 0 saturated heterocycles. The van der Waals surface area contributed by atoms with Crippen LogP contribution in [0.15, 0.2) is 28.7 Å². The Morgan fingerprint density at radius 2 is 1.84 bits per heavy atom. The fraction of sp³-hybridized carbons (Fsp3) is 0.625. The maximum atomic E-state index is 6.40. The van der Waals surface area contributed by atoms with Gasteiger partial charge in [0.05, 0.1) is 0 Å². The number of nitrogens with two attached hydrogens (primary N) is 1. The van der Waals surface area contributed by atoms with E-state index in [0.717, 1.165) is 10.9 Å². The van der Waals surface area contributed by atoms with Crippen LogP contribution in [-0.2, 0) is 0 Å². The first kappa shape index (κ1) is 15.0. The molecule has 1 aromatic rings. The summed E-state index contributed by atoms with van der Waals surface area (Å²) in [5.74, 6) is 0. The van der Waals surface area contributed by atoms with E-state index in [1.165, 1.54) is 31.2 Å². The molecule has 1 fully saturated rings. The molecule has 0 bridgehead atoms. The van der Waals surface area contributed by atoms with Gasteiger partial charge in [0.25, 0.3) is 0 Å². The molecule has 1 aliphatic rings. The molecule has 1 saturated carbocycles. The van der Waals surface area contributed by atoms with Crippen LogP contribution < -0.4 is 5.73 Å². The minimum Gasteiger partial charge on any atom is -0.326 e. The molecular formula is C16H25BrN2. The minimum atomic E-state index is 0.201. The minimum absolute atomic E-state index is 0.201. The molecule has 19 heavy (non-hydrogen) atoms. The summed E-state index contributed by atoms with van der Waals surface area (Å²) in [6.07, 6.45) is 6.38. The zero-order valence-corrected chi connectivity index (χ0v) is 13.6. The Morgan fingerprint density at radius 3 is 2.37 bits per heavy atom. The third kappa shape index (κ3) is 3.59. The van der Waals surface area contributed by atoms with Crippen molar-refractivity contribution in [3.05, 3.63) is 34.3 Å². The van der Waals surface area contributed by atoms with E-state index in [1.807, 2.05) is 0 Å². The van der Waals surface area contributed by atoms with Crippen LogP contribution in [-0.4, -0.2) is 24.0 Å². The predicted molar refractivity (Wildman–Crippen MR) is 85.2 cm³/mol. The highest BCUT2D eigenvalue weighted by Crippen LogP contribution is 2.32. The summed E-state index contributed by atoms with van der Waals surface area (Å²) in [6, 6.07) is 9.88. The van der Waals surface area contributed by atoms with Gasteiger partial charge in [-0.3, -0.25) is 4.90 Å². The van der Waals surface area contributed by atoms with Crippen LogP contribution in [0.1, 0.15) is 50.6 Å². The lowest BCUT2D eigenvalue weighted by Crippen LogP contribution is -2.43. The molecule has 0 aromatic heterocycles. The molecule has 2 N–H and O–H groups in total. The van der Waals surface area contributed by atoms with E-state index >= 15 is 0 Å². The van der Waals surface area contributed by atoms with Gasteiger partial charge in [0.1, 0.15) is 0 Å². The lowest BCUT2D eigenvalue weighted by molar-refractivity contribution is 0.150. The SMILES string of the molecule is CCC(N)C(c1ccc(Br)cc1)N(C)C1CCCC1. The van der Waals surface area contributed by atoms with Crippen molar-refractivity contribution in [3.63, 3.8) is 0 Å². The maximum absolute atomic E-state index is 6.40. The fourth-order valence-electron chi connectivity index (χ4n) is 3.21. The zero-order chi connectivity index (χ0) is 13.8. The van der Waals surface area contributed by atoms with E-state index in [4.69, 9.17) is 5.73 Å². The average Bonchev–Trinajstić information content (AvgIpc) is 2.95. The highest BCUT2D eigenvalue weighted by Gasteiger charge is 2.29. The smallest absolute Gasteiger partial charge is 0.0498 e. The van der Waals surface area contributed by atoms with E-state index in [1.54, 1.807) is 0 Å². The monoisotopic (exact) mass is 324 g/mol. The maximum Gasteiger partial charge on any atom is 0.0498 e. The van der Waals surface area contributed by atoms with Gasteiger partial charge < -0.3 is 5.73 Å². The molecular weight excluding hydrogens is 300 g/mol. The summed E-state index contributed by atoms with van der Waals surface area (Å²) >= 11 is 3.51. The normalized spacial score (nSPS) is 19.8. The summed E-state index contributed by atoms with van der Waals surface area (Å²) in [5.41, 5.74) is 7.74. The molecule has 0 amide bonds. The molecule has 2 atom stereocenters. The number of nitrogens with zero attached hydrogens (tertiary/aromatic N) is 1. The molecule has 1 aliphatic carbocycles. The third-order valence-electron chi connectivity index (χ3n) is 4.43. The highest BCUT2D eigenvalue weighted by atomic mass is 79.9. The Balaban J connectivity index is 2.21. The summed E-state index contributed by atoms with van der Waals surface area (Å²) in [7, 11) is 2.25. The van der Waals surface area contributed by atoms with Crippen LogP contribution in [0, 0.1) is 0 Å². The molecule has 0 radical (unpaired) electrons. The zero-order valence-electron chi connectivity index (χ0n) is 12.0. The second kappa shape index (κ2) is 6.87. The summed E-state index contributed by atoms with van der Waals surface area (Å²) in [6.45, 7) is 2.18. The first-order valence-corrected chi connectivity index (χ1v) is 8.15. The fourth-order valence-corrected chi connectivity index (χ4v) is 3.47. The number of hydrogen-bond acceptors (Lipinski definition) is 2. The Labute approximate surface area is 125 Å². The van der Waals surface area contributed by atoms with Crippen molar-refractivity contribution < 1.29 is 0 Å². The standard InChI is InChI=1S/C16H25BrN2/c1-3-15(18)16(12-8-10-13(17)11-9-12)19(2)14-6-4-5-7-14/h8-11,14-16H,3-7,18H2,1-2H3. The van der Waals surface area contributed by atoms with E-state index in [-0.39, 0.29) is 6.04 Å². The van der Waals surface area contributed by atoms with Crippen molar-refractivity contribution in [2.45, 2.75) is 57.2 Å². The first-order valence-electron chi connectivity index (χ1n) is 7.36. The average molecular weight is 325 g/mol. The van der Waals surface area contributed by atoms with Crippen LogP contribution in [0.2, 0.25) is 0 Å². The molecule has 1 aromatic carbocycles. The van der Waals surface area contributed by atoms with E-state index < -0.39 is 0 Å². The van der Waals surface area contributed by atoms with Crippen LogP contribution in [0.3, 0.4) is 0 Å². The Hall–Kier alpha value is -0.380. The number of benzene rings is 1. The molecule has 0 spiro atoms. The quantitative estimate of drug-likeness (QED) is 0.883. The molecule has 106 valence electrons. The molecule has 2 nitrogen and oxygen atoms in total. The van der Waals surface area contributed by atoms with Gasteiger partial charge in [-0.15, -0.1) is 0 Å². The van der Waals surface area contributed by atoms with Crippen LogP contribution in [0.25, 0.3) is 0 Å². The number of halogens is 1. The molecule has 2 unspecified atom stereocenters. The van der Waals surface area contributed by atoms with Gasteiger partial charge in [0.15, 0.2) is 0 Å². The van der Waals surface area contributed by atoms with Crippen molar-refractivity contribution in [3.8, 4) is 0 Å². The van der Waals surface area contributed by atoms with Gasteiger partial charge in [-0.1, -0.05) is 47.8 Å². The Bertz CT molecular complexity index is 384. The topological polar surface area (TPSA) is 29.3 Å². The largest absolute Gasteiger partial charge is 0.326 e. The van der Waals surface area contributed by atoms with Crippen molar-refractivity contribution in [1.29, 1.82) is 0 Å². The predicted octanol–water partition coefficient (Wildman–Crippen LogP) is 4.10. The van der Waals surface area contributed by atoms with Gasteiger partial charge >= 0.3 is 0 Å². The van der Waals surface area contributed by atoms with Crippen molar-refractivity contribution in [1.82, 2.24) is 4.90 Å². The number of likely N-dealkylation sites (N-methyl/N-ethyl adjacent to an activating group) is 1. The highest BCUT2D eigenvalue weighted by molar-refractivity contribution is 9.10. The lowest BCUT2D eigenvalue weighted by Gasteiger charge is -2.37. The third-order valence-corrected chi connectivity index (χ3v) is 4.96. The van der Waals surface area contributed by atoms with Crippen LogP contribution in [0.5, 0.6) is 0 Å². The number of hydrogen-bond donors (Lipinski definition) is 1. The van der Waals surface area contributed by atoms with Crippen molar-refractivity contribution in [2.24, 2.45) is 5.73 Å². The second-order valence-electron chi connectivity index (χ2n) is 5.67. The summed E-state index contributed by atoms with van der Waals surface area (Å²) in [5, 5.41) is 0. The summed E-state index contributed by atoms with van der Waals surface area (Å²) in [4.78, 5) is 2.52. The Morgan fingerprint density at radius 1 is 1.26 bits per heavy atom. The second-order valence-corrected chi connectivity index (χ2v) is 6.59. The van der Waals surface area contributed by atoms with Gasteiger partial charge in [-0.2, -0.15) is 0 Å². The lowest BCUT2D eigenvalue weighted by atomic mass is 9.95. The Kier molecular flexibility index (Phi) is 5.43. The van der Waals surface area contributed by atoms with Crippen molar-refractivity contribution >= 4 is 15.9 Å². The van der Waals surface area contributed by atoms with E-state index in [9.17, 15) is 0 Å². The van der Waals surface area contributed by atoms with Crippen LogP contribution >= 0.6 is 15.9 Å². The molecule has 2 rings (SSSR count). The van der Waals surface area contributed by atoms with E-state index in [0.29, 0.717) is 12.1 Å². The van der Waals surface area contributed by atoms with Crippen molar-refractivity contribution in [2.75, 3.05) is 7.05 Å².